The van der Waals surface area contributed by atoms with Gasteiger partial charge in [0.15, 0.2) is 0 Å². The molecule has 0 aliphatic carbocycles. The van der Waals surface area contributed by atoms with Crippen molar-refractivity contribution in [1.29, 1.82) is 0 Å². The third-order valence-electron chi connectivity index (χ3n) is 3.66. The van der Waals surface area contributed by atoms with Crippen molar-refractivity contribution < 1.29 is 4.74 Å². The van der Waals surface area contributed by atoms with Gasteiger partial charge in [0, 0.05) is 25.5 Å². The summed E-state index contributed by atoms with van der Waals surface area (Å²) in [5.74, 6) is 1.95. The van der Waals surface area contributed by atoms with E-state index in [1.165, 1.54) is 19.4 Å². The minimum Gasteiger partial charge on any atom is -0.376 e. The van der Waals surface area contributed by atoms with E-state index >= 15 is 0 Å². The molecule has 0 N–H and O–H groups in total. The van der Waals surface area contributed by atoms with Crippen LogP contribution >= 0.6 is 11.8 Å². The third kappa shape index (κ3) is 8.18. The molecule has 0 aromatic rings. The standard InChI is InChI=1S/C15H32N2OS/c1-14(2)6-5-8-17-10-11-18-15(12-17)7-9-16(3)13-19-4/h14-15H,5-13H2,1-4H3/t15-/m1/s1. The maximum absolute atomic E-state index is 5.89. The zero-order valence-electron chi connectivity index (χ0n) is 13.2. The summed E-state index contributed by atoms with van der Waals surface area (Å²) in [6.45, 7) is 10.2. The molecule has 19 heavy (non-hydrogen) atoms. The zero-order valence-corrected chi connectivity index (χ0v) is 14.0. The van der Waals surface area contributed by atoms with Crippen LogP contribution in [0.5, 0.6) is 0 Å². The second-order valence-corrected chi connectivity index (χ2v) is 6.95. The van der Waals surface area contributed by atoms with Gasteiger partial charge in [-0.25, -0.2) is 0 Å². The molecule has 0 aromatic heterocycles. The molecule has 0 bridgehead atoms. The summed E-state index contributed by atoms with van der Waals surface area (Å²) in [6, 6.07) is 0. The van der Waals surface area contributed by atoms with Gasteiger partial charge in [0.05, 0.1) is 12.7 Å². The largest absolute Gasteiger partial charge is 0.376 e. The van der Waals surface area contributed by atoms with Crippen LogP contribution in [0.2, 0.25) is 0 Å². The highest BCUT2D eigenvalue weighted by molar-refractivity contribution is 7.98. The average Bonchev–Trinajstić information content (AvgIpc) is 2.37. The Balaban J connectivity index is 2.15. The van der Waals surface area contributed by atoms with E-state index in [0.717, 1.165) is 44.5 Å². The van der Waals surface area contributed by atoms with Gasteiger partial charge in [0.1, 0.15) is 0 Å². The molecule has 1 aliphatic rings. The van der Waals surface area contributed by atoms with Gasteiger partial charge in [-0.2, -0.15) is 0 Å². The Labute approximate surface area is 124 Å². The predicted octanol–water partition coefficient (Wildman–Crippen LogP) is 2.77. The summed E-state index contributed by atoms with van der Waals surface area (Å²) in [6.07, 6.45) is 6.44. The van der Waals surface area contributed by atoms with Crippen molar-refractivity contribution >= 4 is 11.8 Å². The first kappa shape index (κ1) is 17.3. The highest BCUT2D eigenvalue weighted by atomic mass is 32.2. The highest BCUT2D eigenvalue weighted by Crippen LogP contribution is 2.12. The number of ether oxygens (including phenoxy) is 1. The molecule has 0 amide bonds. The van der Waals surface area contributed by atoms with Crippen LogP contribution in [0.4, 0.5) is 0 Å². The minimum atomic E-state index is 0.442. The lowest BCUT2D eigenvalue weighted by Gasteiger charge is -2.33. The molecular weight excluding hydrogens is 256 g/mol. The average molecular weight is 289 g/mol. The number of nitrogens with zero attached hydrogens (tertiary/aromatic N) is 2. The fraction of sp³-hybridized carbons (Fsp3) is 1.00. The smallest absolute Gasteiger partial charge is 0.0714 e. The Bertz CT molecular complexity index is 226. The second-order valence-electron chi connectivity index (χ2n) is 6.12. The van der Waals surface area contributed by atoms with E-state index < -0.39 is 0 Å². The van der Waals surface area contributed by atoms with E-state index in [4.69, 9.17) is 4.74 Å². The molecule has 4 heteroatoms. The Morgan fingerprint density at radius 1 is 1.42 bits per heavy atom. The van der Waals surface area contributed by atoms with Crippen molar-refractivity contribution in [3.05, 3.63) is 0 Å². The van der Waals surface area contributed by atoms with Crippen LogP contribution in [0.25, 0.3) is 0 Å². The Kier molecular flexibility index (Phi) is 9.12. The molecule has 1 fully saturated rings. The van der Waals surface area contributed by atoms with Crippen LogP contribution in [0.1, 0.15) is 33.1 Å². The van der Waals surface area contributed by atoms with Crippen LogP contribution < -0.4 is 0 Å². The maximum Gasteiger partial charge on any atom is 0.0714 e. The van der Waals surface area contributed by atoms with E-state index in [1.807, 2.05) is 11.8 Å². The molecule has 3 nitrogen and oxygen atoms in total. The summed E-state index contributed by atoms with van der Waals surface area (Å²) in [7, 11) is 2.19. The fourth-order valence-corrected chi connectivity index (χ4v) is 3.10. The van der Waals surface area contributed by atoms with Crippen LogP contribution in [0, 0.1) is 5.92 Å². The second kappa shape index (κ2) is 10.0. The van der Waals surface area contributed by atoms with Crippen molar-refractivity contribution in [3.8, 4) is 0 Å². The normalized spacial score (nSPS) is 21.5. The van der Waals surface area contributed by atoms with Gasteiger partial charge in [-0.15, -0.1) is 11.8 Å². The van der Waals surface area contributed by atoms with Crippen LogP contribution in [0.15, 0.2) is 0 Å². The number of rotatable bonds is 9. The Morgan fingerprint density at radius 2 is 2.21 bits per heavy atom. The lowest BCUT2D eigenvalue weighted by Crippen LogP contribution is -2.43. The fourth-order valence-electron chi connectivity index (χ4n) is 2.53. The molecule has 114 valence electrons. The van der Waals surface area contributed by atoms with Gasteiger partial charge in [0.2, 0.25) is 0 Å². The molecule has 0 unspecified atom stereocenters. The van der Waals surface area contributed by atoms with E-state index in [0.29, 0.717) is 6.10 Å². The lowest BCUT2D eigenvalue weighted by molar-refractivity contribution is -0.0348. The van der Waals surface area contributed by atoms with Crippen molar-refractivity contribution in [2.75, 3.05) is 52.0 Å². The molecule has 1 saturated heterocycles. The molecule has 1 aliphatic heterocycles. The monoisotopic (exact) mass is 288 g/mol. The molecule has 1 rings (SSSR count). The zero-order chi connectivity index (χ0) is 14.1. The maximum atomic E-state index is 5.89. The number of hydrogen-bond donors (Lipinski definition) is 0. The van der Waals surface area contributed by atoms with Gasteiger partial charge >= 0.3 is 0 Å². The summed E-state index contributed by atoms with van der Waals surface area (Å²) in [5.41, 5.74) is 0. The molecule has 0 aromatic carbocycles. The van der Waals surface area contributed by atoms with Gasteiger partial charge in [-0.3, -0.25) is 9.80 Å². The molecule has 1 atom stereocenters. The van der Waals surface area contributed by atoms with Gasteiger partial charge in [0.25, 0.3) is 0 Å². The van der Waals surface area contributed by atoms with Crippen LogP contribution in [-0.2, 0) is 4.74 Å². The van der Waals surface area contributed by atoms with Gasteiger partial charge < -0.3 is 4.74 Å². The van der Waals surface area contributed by atoms with Crippen LogP contribution in [0.3, 0.4) is 0 Å². The molecule has 0 radical (unpaired) electrons. The predicted molar refractivity (Wildman–Crippen MR) is 85.9 cm³/mol. The summed E-state index contributed by atoms with van der Waals surface area (Å²) >= 11 is 1.89. The Hall–Kier alpha value is 0.230. The van der Waals surface area contributed by atoms with Crippen molar-refractivity contribution in [1.82, 2.24) is 9.80 Å². The molecule has 1 heterocycles. The quantitative estimate of drug-likeness (QED) is 0.606. The first-order valence-corrected chi connectivity index (χ1v) is 9.02. The SMILES string of the molecule is CSCN(C)CC[C@@H]1CN(CCCC(C)C)CCO1. The van der Waals surface area contributed by atoms with E-state index in [2.05, 4.69) is 37.0 Å². The van der Waals surface area contributed by atoms with E-state index in [1.54, 1.807) is 0 Å². The summed E-state index contributed by atoms with van der Waals surface area (Å²) in [5, 5.41) is 0. The Morgan fingerprint density at radius 3 is 2.89 bits per heavy atom. The lowest BCUT2D eigenvalue weighted by atomic mass is 10.1. The molecular formula is C15H32N2OS. The topological polar surface area (TPSA) is 15.7 Å². The molecule has 0 saturated carbocycles. The minimum absolute atomic E-state index is 0.442. The van der Waals surface area contributed by atoms with Crippen molar-refractivity contribution in [2.45, 2.75) is 39.2 Å². The summed E-state index contributed by atoms with van der Waals surface area (Å²) in [4.78, 5) is 4.97. The number of thioether (sulfide) groups is 1. The first-order chi connectivity index (χ1) is 9.11. The van der Waals surface area contributed by atoms with E-state index in [-0.39, 0.29) is 0 Å². The van der Waals surface area contributed by atoms with Crippen LogP contribution in [-0.4, -0.2) is 67.9 Å². The highest BCUT2D eigenvalue weighted by Gasteiger charge is 2.20. The van der Waals surface area contributed by atoms with Crippen molar-refractivity contribution in [3.63, 3.8) is 0 Å². The van der Waals surface area contributed by atoms with Gasteiger partial charge in [-0.05, 0) is 45.0 Å². The first-order valence-electron chi connectivity index (χ1n) is 7.63. The van der Waals surface area contributed by atoms with E-state index in [9.17, 15) is 0 Å². The van der Waals surface area contributed by atoms with Crippen molar-refractivity contribution in [2.24, 2.45) is 5.92 Å². The van der Waals surface area contributed by atoms with Gasteiger partial charge in [-0.1, -0.05) is 13.8 Å². The third-order valence-corrected chi connectivity index (χ3v) is 4.36. The molecule has 0 spiro atoms. The number of hydrogen-bond acceptors (Lipinski definition) is 4. The number of morpholine rings is 1. The summed E-state index contributed by atoms with van der Waals surface area (Å²) < 4.78 is 5.89.